The Morgan fingerprint density at radius 2 is 1.85 bits per heavy atom. The number of benzene rings is 2. The van der Waals surface area contributed by atoms with Gasteiger partial charge in [0.05, 0.1) is 24.7 Å². The standard InChI is InChI=1S/C25H26N6O3/c1-2-11-29-17-24(33)30-18-23(32)28(15-21-10-6-9-20(12-21)13-26)16-22(30)31(29)25(34)27-14-19-7-4-3-5-8-19/h2-10,12,22H,1,11,14-18H2,(H,27,34). The van der Waals surface area contributed by atoms with Gasteiger partial charge >= 0.3 is 6.03 Å². The van der Waals surface area contributed by atoms with Crippen LogP contribution >= 0.6 is 0 Å². The average molecular weight is 459 g/mol. The third-order valence-corrected chi connectivity index (χ3v) is 5.89. The molecule has 2 aromatic carbocycles. The summed E-state index contributed by atoms with van der Waals surface area (Å²) in [6.45, 7) is 4.73. The normalized spacial score (nSPS) is 18.3. The minimum Gasteiger partial charge on any atom is -0.333 e. The van der Waals surface area contributed by atoms with Crippen LogP contribution in [0.2, 0.25) is 0 Å². The van der Waals surface area contributed by atoms with Crippen molar-refractivity contribution >= 4 is 17.8 Å². The summed E-state index contributed by atoms with van der Waals surface area (Å²) in [5.74, 6) is -0.410. The molecule has 0 aliphatic carbocycles. The number of amides is 4. The summed E-state index contributed by atoms with van der Waals surface area (Å²) in [5.41, 5.74) is 2.27. The summed E-state index contributed by atoms with van der Waals surface area (Å²) in [4.78, 5) is 42.1. The molecule has 174 valence electrons. The number of nitriles is 1. The molecular weight excluding hydrogens is 432 g/mol. The van der Waals surface area contributed by atoms with Crippen molar-refractivity contribution in [2.75, 3.05) is 26.2 Å². The van der Waals surface area contributed by atoms with Crippen molar-refractivity contribution in [2.45, 2.75) is 19.3 Å². The van der Waals surface area contributed by atoms with Crippen LogP contribution in [0.3, 0.4) is 0 Å². The Morgan fingerprint density at radius 3 is 2.59 bits per heavy atom. The first-order chi connectivity index (χ1) is 16.5. The van der Waals surface area contributed by atoms with Crippen molar-refractivity contribution in [2.24, 2.45) is 0 Å². The van der Waals surface area contributed by atoms with E-state index >= 15 is 0 Å². The maximum absolute atomic E-state index is 13.3. The molecule has 0 aromatic heterocycles. The van der Waals surface area contributed by atoms with E-state index in [9.17, 15) is 19.6 Å². The van der Waals surface area contributed by atoms with E-state index in [1.807, 2.05) is 36.4 Å². The smallest absolute Gasteiger partial charge is 0.333 e. The molecule has 2 aromatic rings. The number of urea groups is 1. The average Bonchev–Trinajstić information content (AvgIpc) is 2.85. The number of carbonyl (C=O) groups is 3. The zero-order chi connectivity index (χ0) is 24.1. The zero-order valence-corrected chi connectivity index (χ0v) is 18.8. The monoisotopic (exact) mass is 458 g/mol. The van der Waals surface area contributed by atoms with Crippen LogP contribution in [0.4, 0.5) is 4.79 Å². The SMILES string of the molecule is C=CCN1CC(=O)N2CC(=O)N(Cc3cccc(C#N)c3)CC2N1C(=O)NCc1ccccc1. The summed E-state index contributed by atoms with van der Waals surface area (Å²) < 4.78 is 0. The molecule has 34 heavy (non-hydrogen) atoms. The van der Waals surface area contributed by atoms with E-state index < -0.39 is 6.17 Å². The lowest BCUT2D eigenvalue weighted by Crippen LogP contribution is -2.73. The predicted octanol–water partition coefficient (Wildman–Crippen LogP) is 1.68. The highest BCUT2D eigenvalue weighted by molar-refractivity contribution is 5.89. The second-order valence-electron chi connectivity index (χ2n) is 8.21. The van der Waals surface area contributed by atoms with Gasteiger partial charge < -0.3 is 15.1 Å². The van der Waals surface area contributed by atoms with Crippen LogP contribution in [0.5, 0.6) is 0 Å². The van der Waals surface area contributed by atoms with Crippen molar-refractivity contribution in [1.29, 1.82) is 5.26 Å². The molecule has 2 fully saturated rings. The van der Waals surface area contributed by atoms with Gasteiger partial charge in [-0.05, 0) is 23.3 Å². The van der Waals surface area contributed by atoms with Crippen LogP contribution in [-0.2, 0) is 22.7 Å². The first kappa shape index (κ1) is 23.0. The number of piperazine rings is 1. The summed E-state index contributed by atoms with van der Waals surface area (Å²) in [5, 5.41) is 15.3. The highest BCUT2D eigenvalue weighted by atomic mass is 16.2. The molecule has 4 amide bonds. The minimum atomic E-state index is -0.645. The molecule has 0 radical (unpaired) electrons. The molecule has 0 saturated carbocycles. The Hall–Kier alpha value is -4.16. The van der Waals surface area contributed by atoms with E-state index in [4.69, 9.17) is 0 Å². The third-order valence-electron chi connectivity index (χ3n) is 5.89. The highest BCUT2D eigenvalue weighted by Gasteiger charge is 2.46. The van der Waals surface area contributed by atoms with E-state index in [0.717, 1.165) is 11.1 Å². The minimum absolute atomic E-state index is 0.0151. The Bertz CT molecular complexity index is 1130. The number of carbonyl (C=O) groups excluding carboxylic acids is 3. The lowest BCUT2D eigenvalue weighted by Gasteiger charge is -2.52. The van der Waals surface area contributed by atoms with Gasteiger partial charge in [0.1, 0.15) is 12.7 Å². The van der Waals surface area contributed by atoms with Crippen LogP contribution in [0, 0.1) is 11.3 Å². The summed E-state index contributed by atoms with van der Waals surface area (Å²) in [6, 6.07) is 18.4. The molecule has 2 aliphatic rings. The molecule has 2 saturated heterocycles. The molecule has 1 N–H and O–H groups in total. The molecule has 9 heteroatoms. The van der Waals surface area contributed by atoms with Crippen LogP contribution in [0.1, 0.15) is 16.7 Å². The molecular formula is C25H26N6O3. The number of nitrogens with one attached hydrogen (secondary N) is 1. The second kappa shape index (κ2) is 10.2. The Morgan fingerprint density at radius 1 is 1.09 bits per heavy atom. The zero-order valence-electron chi connectivity index (χ0n) is 18.8. The van der Waals surface area contributed by atoms with Gasteiger partial charge in [0.2, 0.25) is 11.8 Å². The fourth-order valence-electron chi connectivity index (χ4n) is 4.26. The van der Waals surface area contributed by atoms with Crippen LogP contribution < -0.4 is 5.32 Å². The fourth-order valence-corrected chi connectivity index (χ4v) is 4.26. The predicted molar refractivity (Wildman–Crippen MR) is 124 cm³/mol. The third kappa shape index (κ3) is 4.92. The van der Waals surface area contributed by atoms with Gasteiger partial charge in [0.15, 0.2) is 0 Å². The van der Waals surface area contributed by atoms with Crippen molar-refractivity contribution in [3.8, 4) is 6.07 Å². The first-order valence-corrected chi connectivity index (χ1v) is 11.0. The number of hydrazine groups is 1. The van der Waals surface area contributed by atoms with Gasteiger partial charge in [-0.2, -0.15) is 5.26 Å². The van der Waals surface area contributed by atoms with E-state index in [1.54, 1.807) is 34.2 Å². The van der Waals surface area contributed by atoms with Gasteiger partial charge in [0, 0.05) is 19.6 Å². The molecule has 0 spiro atoms. The molecule has 1 unspecified atom stereocenters. The summed E-state index contributed by atoms with van der Waals surface area (Å²) in [7, 11) is 0. The number of hydrogen-bond acceptors (Lipinski definition) is 5. The van der Waals surface area contributed by atoms with E-state index in [0.29, 0.717) is 18.7 Å². The Balaban J connectivity index is 1.56. The number of rotatable bonds is 6. The van der Waals surface area contributed by atoms with Gasteiger partial charge in [-0.1, -0.05) is 48.5 Å². The van der Waals surface area contributed by atoms with Crippen molar-refractivity contribution in [3.63, 3.8) is 0 Å². The summed E-state index contributed by atoms with van der Waals surface area (Å²) >= 11 is 0. The number of nitrogens with zero attached hydrogens (tertiary/aromatic N) is 5. The van der Waals surface area contributed by atoms with Gasteiger partial charge in [-0.3, -0.25) is 9.59 Å². The van der Waals surface area contributed by atoms with E-state index in [2.05, 4.69) is 18.0 Å². The fraction of sp³-hybridized carbons (Fsp3) is 0.280. The lowest BCUT2D eigenvalue weighted by atomic mass is 10.1. The van der Waals surface area contributed by atoms with Crippen LogP contribution in [0.15, 0.2) is 67.3 Å². The second-order valence-corrected chi connectivity index (χ2v) is 8.21. The Labute approximate surface area is 198 Å². The van der Waals surface area contributed by atoms with Crippen LogP contribution in [-0.4, -0.2) is 70.0 Å². The quantitative estimate of drug-likeness (QED) is 0.664. The van der Waals surface area contributed by atoms with E-state index in [-0.39, 0.29) is 44.0 Å². The van der Waals surface area contributed by atoms with Crippen molar-refractivity contribution < 1.29 is 14.4 Å². The van der Waals surface area contributed by atoms with Gasteiger partial charge in [0.25, 0.3) is 0 Å². The molecule has 4 rings (SSSR count). The molecule has 9 nitrogen and oxygen atoms in total. The number of hydrogen-bond donors (Lipinski definition) is 1. The first-order valence-electron chi connectivity index (χ1n) is 11.0. The molecule has 0 bridgehead atoms. The number of fused-ring (bicyclic) bond motifs is 1. The molecule has 1 atom stereocenters. The Kier molecular flexibility index (Phi) is 6.90. The van der Waals surface area contributed by atoms with Gasteiger partial charge in [-0.25, -0.2) is 14.8 Å². The lowest BCUT2D eigenvalue weighted by molar-refractivity contribution is -0.180. The maximum atomic E-state index is 13.3. The molecule has 2 aliphatic heterocycles. The van der Waals surface area contributed by atoms with E-state index in [1.165, 1.54) is 9.91 Å². The van der Waals surface area contributed by atoms with Crippen molar-refractivity contribution in [1.82, 2.24) is 25.1 Å². The molecule has 2 heterocycles. The van der Waals surface area contributed by atoms with Crippen LogP contribution in [0.25, 0.3) is 0 Å². The maximum Gasteiger partial charge on any atom is 0.334 e. The van der Waals surface area contributed by atoms with Gasteiger partial charge in [-0.15, -0.1) is 6.58 Å². The summed E-state index contributed by atoms with van der Waals surface area (Å²) in [6.07, 6.45) is 0.994. The largest absolute Gasteiger partial charge is 0.334 e. The highest BCUT2D eigenvalue weighted by Crippen LogP contribution is 2.24. The van der Waals surface area contributed by atoms with Crippen molar-refractivity contribution in [3.05, 3.63) is 83.9 Å². The topological polar surface area (TPSA) is 100.0 Å².